The molecule has 0 unspecified atom stereocenters. The highest BCUT2D eigenvalue weighted by Crippen LogP contribution is 2.22. The maximum Gasteiger partial charge on any atom is 0.212 e. The zero-order valence-corrected chi connectivity index (χ0v) is 12.5. The highest BCUT2D eigenvalue weighted by Gasteiger charge is 2.13. The number of ether oxygens (including phenoxy) is 1. The first-order valence-electron chi connectivity index (χ1n) is 6.68. The van der Waals surface area contributed by atoms with E-state index in [4.69, 9.17) is 4.74 Å². The Labute approximate surface area is 120 Å². The molecule has 4 nitrogen and oxygen atoms in total. The molecule has 0 radical (unpaired) electrons. The van der Waals surface area contributed by atoms with E-state index in [0.717, 1.165) is 11.4 Å². The summed E-state index contributed by atoms with van der Waals surface area (Å²) in [5.74, 6) is 1.50. The van der Waals surface area contributed by atoms with E-state index in [-0.39, 0.29) is 5.41 Å². The third-order valence-corrected chi connectivity index (χ3v) is 3.11. The second-order valence-electron chi connectivity index (χ2n) is 5.74. The van der Waals surface area contributed by atoms with Crippen molar-refractivity contribution in [3.63, 3.8) is 0 Å². The van der Waals surface area contributed by atoms with Crippen molar-refractivity contribution in [3.8, 4) is 5.88 Å². The van der Waals surface area contributed by atoms with Gasteiger partial charge >= 0.3 is 0 Å². The van der Waals surface area contributed by atoms with E-state index in [1.54, 1.807) is 13.3 Å². The van der Waals surface area contributed by atoms with Gasteiger partial charge < -0.3 is 10.1 Å². The van der Waals surface area contributed by atoms with Crippen molar-refractivity contribution in [3.05, 3.63) is 47.8 Å². The van der Waals surface area contributed by atoms with Gasteiger partial charge in [-0.2, -0.15) is 0 Å². The predicted molar refractivity (Wildman–Crippen MR) is 81.1 cm³/mol. The van der Waals surface area contributed by atoms with E-state index in [2.05, 4.69) is 42.1 Å². The number of nitrogens with one attached hydrogen (secondary N) is 1. The highest BCUT2D eigenvalue weighted by atomic mass is 16.5. The number of methoxy groups -OCH3 is 1. The molecule has 0 fully saturated rings. The van der Waals surface area contributed by atoms with Crippen molar-refractivity contribution in [2.75, 3.05) is 12.4 Å². The SMILES string of the molecule is COc1ccc(CNc2ccc(C(C)(C)C)cn2)cn1. The molecule has 0 saturated heterocycles. The molecule has 2 aromatic rings. The minimum Gasteiger partial charge on any atom is -0.481 e. The fraction of sp³-hybridized carbons (Fsp3) is 0.375. The molecule has 1 N–H and O–H groups in total. The Bertz CT molecular complexity index is 541. The molecule has 2 rings (SSSR count). The van der Waals surface area contributed by atoms with Crippen LogP contribution in [-0.4, -0.2) is 17.1 Å². The van der Waals surface area contributed by atoms with Crippen LogP contribution >= 0.6 is 0 Å². The normalized spacial score (nSPS) is 11.2. The summed E-state index contributed by atoms with van der Waals surface area (Å²) in [6.45, 7) is 7.24. The van der Waals surface area contributed by atoms with Crippen LogP contribution in [0.1, 0.15) is 31.9 Å². The summed E-state index contributed by atoms with van der Waals surface area (Å²) in [7, 11) is 1.61. The van der Waals surface area contributed by atoms with E-state index >= 15 is 0 Å². The Morgan fingerprint density at radius 3 is 2.35 bits per heavy atom. The van der Waals surface area contributed by atoms with E-state index in [1.807, 2.05) is 24.4 Å². The van der Waals surface area contributed by atoms with E-state index in [0.29, 0.717) is 12.4 Å². The summed E-state index contributed by atoms with van der Waals surface area (Å²) in [5.41, 5.74) is 2.45. The molecule has 2 heterocycles. The van der Waals surface area contributed by atoms with Crippen molar-refractivity contribution in [1.29, 1.82) is 0 Å². The van der Waals surface area contributed by atoms with E-state index in [1.165, 1.54) is 5.56 Å². The number of rotatable bonds is 4. The lowest BCUT2D eigenvalue weighted by molar-refractivity contribution is 0.397. The Hall–Kier alpha value is -2.10. The van der Waals surface area contributed by atoms with Crippen LogP contribution in [0.3, 0.4) is 0 Å². The van der Waals surface area contributed by atoms with Crippen LogP contribution < -0.4 is 10.1 Å². The van der Waals surface area contributed by atoms with Gasteiger partial charge in [0, 0.05) is 25.0 Å². The summed E-state index contributed by atoms with van der Waals surface area (Å²) in [5, 5.41) is 3.29. The summed E-state index contributed by atoms with van der Waals surface area (Å²) >= 11 is 0. The van der Waals surface area contributed by atoms with Crippen LogP contribution in [0.25, 0.3) is 0 Å². The number of anilines is 1. The Kier molecular flexibility index (Phi) is 4.23. The second kappa shape index (κ2) is 5.90. The quantitative estimate of drug-likeness (QED) is 0.926. The standard InChI is InChI=1S/C16H21N3O/c1-16(2,3)13-6-7-14(18-11-13)17-9-12-5-8-15(20-4)19-10-12/h5-8,10-11H,9H2,1-4H3,(H,17,18). The average Bonchev–Trinajstić information content (AvgIpc) is 2.45. The molecule has 0 saturated carbocycles. The molecule has 0 amide bonds. The maximum atomic E-state index is 5.03. The largest absolute Gasteiger partial charge is 0.481 e. The lowest BCUT2D eigenvalue weighted by Gasteiger charge is -2.18. The molecule has 0 aliphatic carbocycles. The third-order valence-electron chi connectivity index (χ3n) is 3.11. The smallest absolute Gasteiger partial charge is 0.212 e. The zero-order valence-electron chi connectivity index (χ0n) is 12.5. The van der Waals surface area contributed by atoms with E-state index in [9.17, 15) is 0 Å². The maximum absolute atomic E-state index is 5.03. The topological polar surface area (TPSA) is 47.0 Å². The number of nitrogens with zero attached hydrogens (tertiary/aromatic N) is 2. The molecule has 0 aliphatic heterocycles. The fourth-order valence-electron chi connectivity index (χ4n) is 1.77. The first kappa shape index (κ1) is 14.3. The van der Waals surface area contributed by atoms with Gasteiger partial charge in [-0.05, 0) is 22.6 Å². The van der Waals surface area contributed by atoms with Crippen LogP contribution in [0.4, 0.5) is 5.82 Å². The fourth-order valence-corrected chi connectivity index (χ4v) is 1.77. The van der Waals surface area contributed by atoms with E-state index < -0.39 is 0 Å². The Morgan fingerprint density at radius 2 is 1.85 bits per heavy atom. The van der Waals surface area contributed by atoms with Gasteiger partial charge in [0.1, 0.15) is 5.82 Å². The molecule has 0 spiro atoms. The summed E-state index contributed by atoms with van der Waals surface area (Å²) in [4.78, 5) is 8.61. The number of aromatic nitrogens is 2. The molecule has 0 aromatic carbocycles. The van der Waals surface area contributed by atoms with Crippen LogP contribution in [0, 0.1) is 0 Å². The number of hydrogen-bond donors (Lipinski definition) is 1. The Balaban J connectivity index is 1.96. The number of pyridine rings is 2. The summed E-state index contributed by atoms with van der Waals surface area (Å²) < 4.78 is 5.03. The summed E-state index contributed by atoms with van der Waals surface area (Å²) in [6.07, 6.45) is 3.73. The number of hydrogen-bond acceptors (Lipinski definition) is 4. The molecular formula is C16H21N3O. The second-order valence-corrected chi connectivity index (χ2v) is 5.74. The lowest BCUT2D eigenvalue weighted by Crippen LogP contribution is -2.11. The molecule has 0 aliphatic rings. The highest BCUT2D eigenvalue weighted by molar-refractivity contribution is 5.38. The van der Waals surface area contributed by atoms with Gasteiger partial charge in [-0.1, -0.05) is 32.9 Å². The zero-order chi connectivity index (χ0) is 14.6. The first-order chi connectivity index (χ1) is 9.49. The Morgan fingerprint density at radius 1 is 1.05 bits per heavy atom. The van der Waals surface area contributed by atoms with Gasteiger partial charge in [-0.25, -0.2) is 9.97 Å². The lowest BCUT2D eigenvalue weighted by atomic mass is 9.88. The first-order valence-corrected chi connectivity index (χ1v) is 6.68. The van der Waals surface area contributed by atoms with Crippen LogP contribution in [0.5, 0.6) is 5.88 Å². The van der Waals surface area contributed by atoms with Crippen molar-refractivity contribution in [1.82, 2.24) is 9.97 Å². The summed E-state index contributed by atoms with van der Waals surface area (Å²) in [6, 6.07) is 7.97. The minimum atomic E-state index is 0.130. The minimum absolute atomic E-state index is 0.130. The molecule has 20 heavy (non-hydrogen) atoms. The van der Waals surface area contributed by atoms with Crippen molar-refractivity contribution in [2.45, 2.75) is 32.7 Å². The molecule has 4 heteroatoms. The predicted octanol–water partition coefficient (Wildman–Crippen LogP) is 3.39. The molecule has 2 aromatic heterocycles. The molecule has 0 atom stereocenters. The van der Waals surface area contributed by atoms with Gasteiger partial charge in [0.25, 0.3) is 0 Å². The average molecular weight is 271 g/mol. The van der Waals surface area contributed by atoms with Crippen LogP contribution in [-0.2, 0) is 12.0 Å². The van der Waals surface area contributed by atoms with Gasteiger partial charge in [0.15, 0.2) is 0 Å². The third kappa shape index (κ3) is 3.70. The van der Waals surface area contributed by atoms with Crippen molar-refractivity contribution >= 4 is 5.82 Å². The molecule has 0 bridgehead atoms. The van der Waals surface area contributed by atoms with Gasteiger partial charge in [-0.15, -0.1) is 0 Å². The van der Waals surface area contributed by atoms with Crippen LogP contribution in [0.2, 0.25) is 0 Å². The molecular weight excluding hydrogens is 250 g/mol. The van der Waals surface area contributed by atoms with Crippen molar-refractivity contribution < 1.29 is 4.74 Å². The van der Waals surface area contributed by atoms with Gasteiger partial charge in [0.2, 0.25) is 5.88 Å². The molecule has 106 valence electrons. The van der Waals surface area contributed by atoms with Crippen LogP contribution in [0.15, 0.2) is 36.7 Å². The van der Waals surface area contributed by atoms with Crippen molar-refractivity contribution in [2.24, 2.45) is 0 Å². The monoisotopic (exact) mass is 271 g/mol. The van der Waals surface area contributed by atoms with Gasteiger partial charge in [0.05, 0.1) is 7.11 Å². The van der Waals surface area contributed by atoms with Gasteiger partial charge in [-0.3, -0.25) is 0 Å².